The van der Waals surface area contributed by atoms with Gasteiger partial charge in [0.15, 0.2) is 10.8 Å². The predicted molar refractivity (Wildman–Crippen MR) is 144 cm³/mol. The first-order valence-electron chi connectivity index (χ1n) is 13.0. The second-order valence-corrected chi connectivity index (χ2v) is 13.9. The first kappa shape index (κ1) is 29.1. The van der Waals surface area contributed by atoms with Crippen LogP contribution < -0.4 is 10.2 Å². The van der Waals surface area contributed by atoms with Crippen LogP contribution in [0.5, 0.6) is 0 Å². The molecule has 4 atom stereocenters. The summed E-state index contributed by atoms with van der Waals surface area (Å²) in [5, 5.41) is 6.58. The average Bonchev–Trinajstić information content (AvgIpc) is 3.40. The maximum atomic E-state index is 15.2. The minimum Gasteiger partial charge on any atom is -0.351 e. The third-order valence-electron chi connectivity index (χ3n) is 8.86. The lowest BCUT2D eigenvalue weighted by atomic mass is 9.87. The molecule has 6 rings (SSSR count). The van der Waals surface area contributed by atoms with Crippen LogP contribution in [0.3, 0.4) is 0 Å². The topological polar surface area (TPSA) is 99.9 Å². The lowest BCUT2D eigenvalue weighted by Crippen LogP contribution is -2.43. The van der Waals surface area contributed by atoms with Crippen LogP contribution in [0.25, 0.3) is 5.65 Å². The van der Waals surface area contributed by atoms with Crippen molar-refractivity contribution >= 4 is 44.6 Å². The van der Waals surface area contributed by atoms with Crippen molar-refractivity contribution < 1.29 is 35.2 Å². The summed E-state index contributed by atoms with van der Waals surface area (Å²) in [7, 11) is -3.47. The number of hydrogen-bond acceptors (Lipinski definition) is 6. The highest BCUT2D eigenvalue weighted by Gasteiger charge is 2.82. The second kappa shape index (κ2) is 8.99. The molecule has 1 aliphatic carbocycles. The number of alkyl halides is 5. The maximum Gasteiger partial charge on any atom is 0.401 e. The van der Waals surface area contributed by atoms with Gasteiger partial charge < -0.3 is 10.2 Å². The maximum absolute atomic E-state index is 15.2. The van der Waals surface area contributed by atoms with Crippen LogP contribution >= 0.6 is 11.6 Å². The number of hydrogen-bond donors (Lipinski definition) is 1. The fourth-order valence-corrected chi connectivity index (χ4v) is 7.29. The number of rotatable bonds is 5. The molecule has 2 aromatic heterocycles. The second-order valence-electron chi connectivity index (χ2n) is 11.6. The van der Waals surface area contributed by atoms with E-state index in [1.165, 1.54) is 45.7 Å². The van der Waals surface area contributed by atoms with Gasteiger partial charge in [0.2, 0.25) is 15.9 Å². The van der Waals surface area contributed by atoms with E-state index in [-0.39, 0.29) is 40.8 Å². The van der Waals surface area contributed by atoms with Gasteiger partial charge in [-0.25, -0.2) is 31.0 Å². The van der Waals surface area contributed by atoms with Crippen molar-refractivity contribution in [2.24, 2.45) is 5.41 Å². The third-order valence-corrected chi connectivity index (χ3v) is 10.3. The van der Waals surface area contributed by atoms with Crippen molar-refractivity contribution in [1.82, 2.24) is 24.2 Å². The smallest absolute Gasteiger partial charge is 0.351 e. The zero-order valence-corrected chi connectivity index (χ0v) is 24.2. The zero-order chi connectivity index (χ0) is 30.6. The summed E-state index contributed by atoms with van der Waals surface area (Å²) >= 11 is 5.96. The number of aromatic nitrogens is 3. The van der Waals surface area contributed by atoms with Gasteiger partial charge >= 0.3 is 6.18 Å². The minimum atomic E-state index is -4.66. The molecule has 2 aliphatic heterocycles. The molecule has 16 heteroatoms. The SMILES string of the molecule is C[C@@]1(C(F)(F)F)CN(c2ccc([C@H]3C(F)(F)[C@]3(C)C(=O)NC3CCN(S(C)(=O)=O)C3)cc2)c2cnc3cc(Cl)nn3c21. The molecule has 0 bridgehead atoms. The summed E-state index contributed by atoms with van der Waals surface area (Å²) in [5.41, 5.74) is -3.79. The summed E-state index contributed by atoms with van der Waals surface area (Å²) in [4.78, 5) is 18.6. The van der Waals surface area contributed by atoms with Gasteiger partial charge in [-0.15, -0.1) is 0 Å². The van der Waals surface area contributed by atoms with Crippen LogP contribution in [-0.4, -0.2) is 77.3 Å². The van der Waals surface area contributed by atoms with Crippen LogP contribution in [0.2, 0.25) is 5.15 Å². The number of carbonyl (C=O) groups is 1. The number of benzene rings is 1. The molecule has 226 valence electrons. The van der Waals surface area contributed by atoms with Crippen molar-refractivity contribution in [3.05, 3.63) is 52.9 Å². The normalized spacial score (nSPS) is 29.2. The van der Waals surface area contributed by atoms with Gasteiger partial charge in [-0.05, 0) is 38.0 Å². The Morgan fingerprint density at radius 1 is 1.17 bits per heavy atom. The number of nitrogens with one attached hydrogen (secondary N) is 1. The Morgan fingerprint density at radius 3 is 2.43 bits per heavy atom. The Kier molecular flexibility index (Phi) is 6.22. The molecular weight excluding hydrogens is 607 g/mol. The van der Waals surface area contributed by atoms with Crippen LogP contribution in [0.1, 0.15) is 37.4 Å². The van der Waals surface area contributed by atoms with Gasteiger partial charge in [-0.3, -0.25) is 4.79 Å². The molecule has 3 aromatic rings. The van der Waals surface area contributed by atoms with Gasteiger partial charge in [-0.1, -0.05) is 23.7 Å². The Morgan fingerprint density at radius 2 is 1.83 bits per heavy atom. The standard InChI is InChI=1S/C26H26ClF5N6O3S/c1-23(26(30,31)32)13-37(17-11-33-19-10-18(27)35-38(19)21(17)23)16-6-4-14(5-7-16)20-24(2,25(20,28)29)22(39)34-15-8-9-36(12-15)42(3,40)41/h4-7,10-11,15,20H,8-9,12-13H2,1-3H3,(H,34,39)/t15?,20-,23-,24+/m1/s1. The fraction of sp³-hybridized carbons (Fsp3) is 0.500. The molecule has 0 spiro atoms. The lowest BCUT2D eigenvalue weighted by Gasteiger charge is -2.28. The van der Waals surface area contributed by atoms with E-state index >= 15 is 8.78 Å². The third kappa shape index (κ3) is 4.10. The molecule has 9 nitrogen and oxygen atoms in total. The van der Waals surface area contributed by atoms with Crippen LogP contribution in [0.15, 0.2) is 36.5 Å². The molecule has 1 unspecified atom stereocenters. The summed E-state index contributed by atoms with van der Waals surface area (Å²) in [5.74, 6) is -5.74. The number of sulfonamides is 1. The van der Waals surface area contributed by atoms with Gasteiger partial charge in [0.25, 0.3) is 5.92 Å². The molecule has 42 heavy (non-hydrogen) atoms. The number of fused-ring (bicyclic) bond motifs is 3. The molecule has 1 saturated heterocycles. The molecule has 2 fully saturated rings. The lowest BCUT2D eigenvalue weighted by molar-refractivity contribution is -0.181. The highest BCUT2D eigenvalue weighted by molar-refractivity contribution is 7.88. The number of carbonyl (C=O) groups excluding carboxylic acids is 1. The summed E-state index contributed by atoms with van der Waals surface area (Å²) in [6, 6.07) is 6.41. The highest BCUT2D eigenvalue weighted by Crippen LogP contribution is 2.71. The van der Waals surface area contributed by atoms with E-state index < -0.39 is 57.4 Å². The van der Waals surface area contributed by atoms with E-state index in [9.17, 15) is 26.4 Å². The molecule has 4 heterocycles. The van der Waals surface area contributed by atoms with E-state index in [2.05, 4.69) is 15.4 Å². The Labute approximate surface area is 242 Å². The van der Waals surface area contributed by atoms with Crippen LogP contribution in [-0.2, 0) is 20.2 Å². The van der Waals surface area contributed by atoms with E-state index in [0.717, 1.165) is 24.6 Å². The molecule has 1 amide bonds. The van der Waals surface area contributed by atoms with E-state index in [4.69, 9.17) is 11.6 Å². The Hall–Kier alpha value is -3.04. The Balaban J connectivity index is 1.27. The van der Waals surface area contributed by atoms with Crippen molar-refractivity contribution in [2.45, 2.75) is 49.7 Å². The highest BCUT2D eigenvalue weighted by atomic mass is 35.5. The van der Waals surface area contributed by atoms with Crippen molar-refractivity contribution in [1.29, 1.82) is 0 Å². The Bertz CT molecular complexity index is 1720. The summed E-state index contributed by atoms with van der Waals surface area (Å²) < 4.78 is 99.4. The largest absolute Gasteiger partial charge is 0.401 e. The first-order valence-corrected chi connectivity index (χ1v) is 15.2. The summed E-state index contributed by atoms with van der Waals surface area (Å²) in [6.45, 7) is 1.90. The predicted octanol–water partition coefficient (Wildman–Crippen LogP) is 4.24. The van der Waals surface area contributed by atoms with Crippen LogP contribution in [0.4, 0.5) is 33.3 Å². The van der Waals surface area contributed by atoms with Gasteiger partial charge in [0.1, 0.15) is 10.8 Å². The van der Waals surface area contributed by atoms with Gasteiger partial charge in [0.05, 0.1) is 29.8 Å². The number of anilines is 2. The van der Waals surface area contributed by atoms with Gasteiger partial charge in [0, 0.05) is 37.4 Å². The van der Waals surface area contributed by atoms with E-state index in [0.29, 0.717) is 12.1 Å². The summed E-state index contributed by atoms with van der Waals surface area (Å²) in [6.07, 6.45) is -2.01. The van der Waals surface area contributed by atoms with E-state index in [1.54, 1.807) is 0 Å². The molecule has 1 saturated carbocycles. The number of halogens is 6. The minimum absolute atomic E-state index is 0.00560. The monoisotopic (exact) mass is 632 g/mol. The van der Waals surface area contributed by atoms with Crippen molar-refractivity contribution in [3.63, 3.8) is 0 Å². The molecule has 1 N–H and O–H groups in total. The molecular formula is C26H26ClF5N6O3S. The van der Waals surface area contributed by atoms with Gasteiger partial charge in [-0.2, -0.15) is 18.3 Å². The van der Waals surface area contributed by atoms with E-state index in [1.807, 2.05) is 0 Å². The molecule has 0 radical (unpaired) electrons. The fourth-order valence-electron chi connectivity index (χ4n) is 6.23. The first-order chi connectivity index (χ1) is 19.4. The quantitative estimate of drug-likeness (QED) is 0.423. The molecule has 3 aliphatic rings. The van der Waals surface area contributed by atoms with Crippen molar-refractivity contribution in [2.75, 3.05) is 30.8 Å². The van der Waals surface area contributed by atoms with Crippen LogP contribution in [0, 0.1) is 5.41 Å². The average molecular weight is 633 g/mol. The number of nitrogens with zero attached hydrogens (tertiary/aromatic N) is 5. The molecule has 1 aromatic carbocycles. The number of amides is 1. The van der Waals surface area contributed by atoms with Crippen molar-refractivity contribution in [3.8, 4) is 0 Å². The zero-order valence-electron chi connectivity index (χ0n) is 22.6.